The topological polar surface area (TPSA) is 24.5 Å². The zero-order valence-corrected chi connectivity index (χ0v) is 15.2. The molecular weight excluding hydrogens is 296 g/mol. The SMILES string of the molecule is CCC(NCCCN(C)Cc1ccccc1)c1ccc(OC)cc1. The Morgan fingerprint density at radius 3 is 2.38 bits per heavy atom. The van der Waals surface area contributed by atoms with E-state index in [4.69, 9.17) is 4.74 Å². The van der Waals surface area contributed by atoms with Crippen molar-refractivity contribution in [3.63, 3.8) is 0 Å². The van der Waals surface area contributed by atoms with E-state index >= 15 is 0 Å². The van der Waals surface area contributed by atoms with Gasteiger partial charge < -0.3 is 15.0 Å². The number of hydrogen-bond donors (Lipinski definition) is 1. The van der Waals surface area contributed by atoms with Gasteiger partial charge in [0.25, 0.3) is 0 Å². The van der Waals surface area contributed by atoms with E-state index in [0.717, 1.165) is 38.2 Å². The molecule has 2 aromatic carbocycles. The number of nitrogens with one attached hydrogen (secondary N) is 1. The van der Waals surface area contributed by atoms with Gasteiger partial charge in [0.05, 0.1) is 7.11 Å². The van der Waals surface area contributed by atoms with E-state index in [1.165, 1.54) is 11.1 Å². The fraction of sp³-hybridized carbons (Fsp3) is 0.429. The van der Waals surface area contributed by atoms with Gasteiger partial charge in [-0.1, -0.05) is 49.4 Å². The fourth-order valence-electron chi connectivity index (χ4n) is 2.93. The Bertz CT molecular complexity index is 568. The summed E-state index contributed by atoms with van der Waals surface area (Å²) in [7, 11) is 3.89. The summed E-state index contributed by atoms with van der Waals surface area (Å²) in [6.45, 7) is 5.37. The highest BCUT2D eigenvalue weighted by atomic mass is 16.5. The highest BCUT2D eigenvalue weighted by Gasteiger charge is 2.08. The summed E-state index contributed by atoms with van der Waals surface area (Å²) in [5, 5.41) is 3.67. The largest absolute Gasteiger partial charge is 0.497 e. The van der Waals surface area contributed by atoms with Gasteiger partial charge in [0.1, 0.15) is 5.75 Å². The van der Waals surface area contributed by atoms with Crippen molar-refractivity contribution in [1.29, 1.82) is 0 Å². The Balaban J connectivity index is 1.71. The second-order valence-electron chi connectivity index (χ2n) is 6.27. The van der Waals surface area contributed by atoms with Gasteiger partial charge in [0.2, 0.25) is 0 Å². The number of nitrogens with zero attached hydrogens (tertiary/aromatic N) is 1. The number of methoxy groups -OCH3 is 1. The summed E-state index contributed by atoms with van der Waals surface area (Å²) in [6, 6.07) is 19.4. The zero-order valence-electron chi connectivity index (χ0n) is 15.2. The number of benzene rings is 2. The molecule has 130 valence electrons. The van der Waals surface area contributed by atoms with Crippen LogP contribution in [0.4, 0.5) is 0 Å². The van der Waals surface area contributed by atoms with Gasteiger partial charge in [-0.25, -0.2) is 0 Å². The lowest BCUT2D eigenvalue weighted by Crippen LogP contribution is -2.26. The predicted molar refractivity (Wildman–Crippen MR) is 101 cm³/mol. The molecule has 0 bridgehead atoms. The lowest BCUT2D eigenvalue weighted by molar-refractivity contribution is 0.316. The Morgan fingerprint density at radius 1 is 1.04 bits per heavy atom. The molecule has 0 radical (unpaired) electrons. The molecule has 0 aliphatic carbocycles. The van der Waals surface area contributed by atoms with E-state index in [1.54, 1.807) is 7.11 Å². The second-order valence-corrected chi connectivity index (χ2v) is 6.27. The van der Waals surface area contributed by atoms with Crippen molar-refractivity contribution < 1.29 is 4.74 Å². The maximum atomic E-state index is 5.23. The minimum Gasteiger partial charge on any atom is -0.497 e. The molecule has 0 aromatic heterocycles. The highest BCUT2D eigenvalue weighted by Crippen LogP contribution is 2.20. The molecule has 1 atom stereocenters. The molecule has 1 unspecified atom stereocenters. The van der Waals surface area contributed by atoms with Crippen LogP contribution >= 0.6 is 0 Å². The average molecular weight is 326 g/mol. The van der Waals surface area contributed by atoms with Crippen LogP contribution in [-0.4, -0.2) is 32.1 Å². The van der Waals surface area contributed by atoms with Crippen molar-refractivity contribution in [2.75, 3.05) is 27.2 Å². The number of rotatable bonds is 10. The number of ether oxygens (including phenoxy) is 1. The molecule has 0 spiro atoms. The van der Waals surface area contributed by atoms with Gasteiger partial charge in [-0.3, -0.25) is 0 Å². The monoisotopic (exact) mass is 326 g/mol. The summed E-state index contributed by atoms with van der Waals surface area (Å²) in [5.41, 5.74) is 2.70. The van der Waals surface area contributed by atoms with Crippen LogP contribution < -0.4 is 10.1 Å². The Labute approximate surface area is 146 Å². The quantitative estimate of drug-likeness (QED) is 0.660. The molecule has 0 fully saturated rings. The van der Waals surface area contributed by atoms with Crippen LogP contribution in [0.5, 0.6) is 5.75 Å². The van der Waals surface area contributed by atoms with Crippen LogP contribution in [0.15, 0.2) is 54.6 Å². The van der Waals surface area contributed by atoms with Crippen LogP contribution in [0.2, 0.25) is 0 Å². The smallest absolute Gasteiger partial charge is 0.118 e. The molecule has 24 heavy (non-hydrogen) atoms. The maximum Gasteiger partial charge on any atom is 0.118 e. The zero-order chi connectivity index (χ0) is 17.2. The van der Waals surface area contributed by atoms with Gasteiger partial charge in [-0.15, -0.1) is 0 Å². The average Bonchev–Trinajstić information content (AvgIpc) is 2.63. The summed E-state index contributed by atoms with van der Waals surface area (Å²) >= 11 is 0. The molecule has 2 aromatic rings. The first-order valence-electron chi connectivity index (χ1n) is 8.82. The molecule has 0 saturated heterocycles. The molecule has 0 heterocycles. The summed E-state index contributed by atoms with van der Waals surface area (Å²) < 4.78 is 5.23. The Kier molecular flexibility index (Phi) is 7.80. The van der Waals surface area contributed by atoms with Gasteiger partial charge >= 0.3 is 0 Å². The van der Waals surface area contributed by atoms with Gasteiger partial charge in [0.15, 0.2) is 0 Å². The van der Waals surface area contributed by atoms with Crippen molar-refractivity contribution in [3.8, 4) is 5.75 Å². The molecule has 1 N–H and O–H groups in total. The van der Waals surface area contributed by atoms with Crippen LogP contribution in [-0.2, 0) is 6.54 Å². The maximum absolute atomic E-state index is 5.23. The lowest BCUT2D eigenvalue weighted by atomic mass is 10.0. The standard InChI is InChI=1S/C21H30N2O/c1-4-21(19-11-13-20(24-3)14-12-19)22-15-8-16-23(2)17-18-9-6-5-7-10-18/h5-7,9-14,21-22H,4,8,15-17H2,1-3H3. The summed E-state index contributed by atoms with van der Waals surface area (Å²) in [6.07, 6.45) is 2.24. The third-order valence-electron chi connectivity index (χ3n) is 4.33. The van der Waals surface area contributed by atoms with Crippen LogP contribution in [0, 0.1) is 0 Å². The second kappa shape index (κ2) is 10.1. The van der Waals surface area contributed by atoms with Crippen molar-refractivity contribution >= 4 is 0 Å². The first-order valence-corrected chi connectivity index (χ1v) is 8.82. The molecule has 0 aliphatic rings. The predicted octanol–water partition coefficient (Wildman–Crippen LogP) is 4.26. The molecule has 3 heteroatoms. The van der Waals surface area contributed by atoms with Gasteiger partial charge in [-0.2, -0.15) is 0 Å². The Morgan fingerprint density at radius 2 is 1.75 bits per heavy atom. The minimum absolute atomic E-state index is 0.412. The van der Waals surface area contributed by atoms with Crippen LogP contribution in [0.1, 0.15) is 36.9 Å². The van der Waals surface area contributed by atoms with Crippen LogP contribution in [0.25, 0.3) is 0 Å². The normalized spacial score (nSPS) is 12.3. The number of hydrogen-bond acceptors (Lipinski definition) is 3. The molecule has 0 amide bonds. The third-order valence-corrected chi connectivity index (χ3v) is 4.33. The van der Waals surface area contributed by atoms with E-state index in [-0.39, 0.29) is 0 Å². The van der Waals surface area contributed by atoms with Crippen LogP contribution in [0.3, 0.4) is 0 Å². The summed E-state index contributed by atoms with van der Waals surface area (Å²) in [5.74, 6) is 0.913. The Hall–Kier alpha value is -1.84. The van der Waals surface area contributed by atoms with E-state index < -0.39 is 0 Å². The first-order chi connectivity index (χ1) is 11.7. The fourth-order valence-corrected chi connectivity index (χ4v) is 2.93. The van der Waals surface area contributed by atoms with E-state index in [9.17, 15) is 0 Å². The molecule has 3 nitrogen and oxygen atoms in total. The highest BCUT2D eigenvalue weighted by molar-refractivity contribution is 5.29. The van der Waals surface area contributed by atoms with Crippen molar-refractivity contribution in [3.05, 3.63) is 65.7 Å². The molecular formula is C21H30N2O. The molecule has 2 rings (SSSR count). The third kappa shape index (κ3) is 5.99. The lowest BCUT2D eigenvalue weighted by Gasteiger charge is -2.20. The minimum atomic E-state index is 0.412. The van der Waals surface area contributed by atoms with Gasteiger partial charge in [0, 0.05) is 12.6 Å². The molecule has 0 aliphatic heterocycles. The van der Waals surface area contributed by atoms with Crippen molar-refractivity contribution in [2.24, 2.45) is 0 Å². The van der Waals surface area contributed by atoms with E-state index in [2.05, 4.69) is 66.7 Å². The van der Waals surface area contributed by atoms with Crippen molar-refractivity contribution in [2.45, 2.75) is 32.4 Å². The van der Waals surface area contributed by atoms with E-state index in [0.29, 0.717) is 6.04 Å². The van der Waals surface area contributed by atoms with E-state index in [1.807, 2.05) is 12.1 Å². The molecule has 0 saturated carbocycles. The first kappa shape index (κ1) is 18.5. The van der Waals surface area contributed by atoms with Crippen molar-refractivity contribution in [1.82, 2.24) is 10.2 Å². The van der Waals surface area contributed by atoms with Gasteiger partial charge in [-0.05, 0) is 56.2 Å². The summed E-state index contributed by atoms with van der Waals surface area (Å²) in [4.78, 5) is 2.38.